The Kier molecular flexibility index (Phi) is 6.11. The number of para-hydroxylation sites is 2. The molecule has 1 unspecified atom stereocenters. The molecule has 0 aliphatic carbocycles. The van der Waals surface area contributed by atoms with Gasteiger partial charge in [0.05, 0.1) is 60.0 Å². The van der Waals surface area contributed by atoms with E-state index in [1.54, 1.807) is 26.6 Å². The third-order valence-corrected chi connectivity index (χ3v) is 7.05. The zero-order valence-electron chi connectivity index (χ0n) is 21.7. The number of carbonyl (C=O) groups is 2. The first kappa shape index (κ1) is 24.4. The molecule has 0 amide bonds. The number of ketones is 1. The molecule has 6 rings (SSSR count). The topological polar surface area (TPSA) is 119 Å². The summed E-state index contributed by atoms with van der Waals surface area (Å²) in [6, 6.07) is 15.7. The molecule has 0 spiro atoms. The van der Waals surface area contributed by atoms with Crippen molar-refractivity contribution in [2.75, 3.05) is 20.8 Å². The van der Waals surface area contributed by atoms with Crippen LogP contribution in [0.1, 0.15) is 23.1 Å². The van der Waals surface area contributed by atoms with Crippen molar-refractivity contribution in [3.63, 3.8) is 0 Å². The normalized spacial score (nSPS) is 12.3. The summed E-state index contributed by atoms with van der Waals surface area (Å²) in [6.07, 6.45) is 3.43. The van der Waals surface area contributed by atoms with Crippen molar-refractivity contribution in [2.24, 2.45) is 5.92 Å². The quantitative estimate of drug-likeness (QED) is 0.204. The van der Waals surface area contributed by atoms with Crippen molar-refractivity contribution in [3.8, 4) is 11.5 Å². The third-order valence-electron chi connectivity index (χ3n) is 7.05. The molecule has 39 heavy (non-hydrogen) atoms. The Balaban J connectivity index is 1.48. The molecule has 9 nitrogen and oxygen atoms in total. The molecule has 196 valence electrons. The standard InChI is InChI=1S/C30H26N4O5/c1-16(35)39-15-17(12-22-27-25(23(37-2)13-31-22)18-8-4-6-10-20(18)33-27)30(36)29-28-26(24(38-3)14-32-29)19-9-5-7-11-21(19)34-28/h4-11,13-14,17,33-34H,12,15H2,1-3H3. The summed E-state index contributed by atoms with van der Waals surface area (Å²) in [6.45, 7) is 1.21. The lowest BCUT2D eigenvalue weighted by atomic mass is 9.94. The van der Waals surface area contributed by atoms with Crippen LogP contribution in [0.4, 0.5) is 0 Å². The van der Waals surface area contributed by atoms with Gasteiger partial charge < -0.3 is 24.2 Å². The van der Waals surface area contributed by atoms with E-state index in [4.69, 9.17) is 14.2 Å². The highest BCUT2D eigenvalue weighted by molar-refractivity contribution is 6.17. The average Bonchev–Trinajstić information content (AvgIpc) is 3.54. The Bertz CT molecular complexity index is 1890. The third kappa shape index (κ3) is 4.12. The summed E-state index contributed by atoms with van der Waals surface area (Å²) >= 11 is 0. The highest BCUT2D eigenvalue weighted by Gasteiger charge is 2.29. The van der Waals surface area contributed by atoms with Gasteiger partial charge in [-0.25, -0.2) is 4.98 Å². The van der Waals surface area contributed by atoms with Gasteiger partial charge in [-0.05, 0) is 12.1 Å². The van der Waals surface area contributed by atoms with Crippen LogP contribution in [0.25, 0.3) is 43.6 Å². The molecule has 0 radical (unpaired) electrons. The van der Waals surface area contributed by atoms with Crippen LogP contribution >= 0.6 is 0 Å². The zero-order chi connectivity index (χ0) is 27.1. The molecule has 1 atom stereocenters. The Morgan fingerprint density at radius 2 is 1.38 bits per heavy atom. The molecule has 0 saturated heterocycles. The van der Waals surface area contributed by atoms with Crippen LogP contribution < -0.4 is 9.47 Å². The van der Waals surface area contributed by atoms with Gasteiger partial charge in [-0.1, -0.05) is 36.4 Å². The molecule has 0 fully saturated rings. The minimum atomic E-state index is -0.736. The van der Waals surface area contributed by atoms with E-state index < -0.39 is 11.9 Å². The highest BCUT2D eigenvalue weighted by atomic mass is 16.5. The first-order valence-electron chi connectivity index (χ1n) is 12.5. The molecule has 2 aromatic carbocycles. The van der Waals surface area contributed by atoms with Crippen molar-refractivity contribution in [1.29, 1.82) is 0 Å². The Labute approximate surface area is 223 Å². The molecule has 0 bridgehead atoms. The summed E-state index contributed by atoms with van der Waals surface area (Å²) in [5, 5.41) is 3.58. The number of hydrogen-bond donors (Lipinski definition) is 2. The number of H-pyrrole nitrogens is 2. The second kappa shape index (κ2) is 9.75. The fourth-order valence-electron chi connectivity index (χ4n) is 5.23. The minimum absolute atomic E-state index is 0.112. The molecular formula is C30H26N4O5. The van der Waals surface area contributed by atoms with E-state index in [-0.39, 0.29) is 24.5 Å². The number of nitrogens with one attached hydrogen (secondary N) is 2. The Morgan fingerprint density at radius 1 is 0.821 bits per heavy atom. The number of nitrogens with zero attached hydrogens (tertiary/aromatic N) is 2. The number of pyridine rings is 2. The van der Waals surface area contributed by atoms with E-state index in [1.807, 2.05) is 48.5 Å². The van der Waals surface area contributed by atoms with Gasteiger partial charge in [0, 0.05) is 35.2 Å². The number of benzene rings is 2. The smallest absolute Gasteiger partial charge is 0.302 e. The van der Waals surface area contributed by atoms with Crippen molar-refractivity contribution in [1.82, 2.24) is 19.9 Å². The van der Waals surface area contributed by atoms with Crippen LogP contribution in [-0.2, 0) is 16.0 Å². The second-order valence-electron chi connectivity index (χ2n) is 9.36. The van der Waals surface area contributed by atoms with Gasteiger partial charge in [0.2, 0.25) is 0 Å². The molecule has 9 heteroatoms. The number of esters is 1. The number of aromatic amines is 2. The molecule has 6 aromatic rings. The van der Waals surface area contributed by atoms with E-state index in [9.17, 15) is 9.59 Å². The molecule has 2 N–H and O–H groups in total. The largest absolute Gasteiger partial charge is 0.494 e. The number of carbonyl (C=O) groups excluding carboxylic acids is 2. The van der Waals surface area contributed by atoms with Crippen LogP contribution in [0.2, 0.25) is 0 Å². The summed E-state index contributed by atoms with van der Waals surface area (Å²) in [4.78, 5) is 41.8. The maximum Gasteiger partial charge on any atom is 0.302 e. The van der Waals surface area contributed by atoms with Crippen molar-refractivity contribution in [3.05, 3.63) is 72.3 Å². The maximum atomic E-state index is 14.1. The van der Waals surface area contributed by atoms with Crippen molar-refractivity contribution < 1.29 is 23.8 Å². The lowest BCUT2D eigenvalue weighted by Gasteiger charge is -2.17. The number of fused-ring (bicyclic) bond motifs is 6. The minimum Gasteiger partial charge on any atom is -0.494 e. The molecule has 4 aromatic heterocycles. The van der Waals surface area contributed by atoms with E-state index in [0.717, 1.165) is 38.1 Å². The molecular weight excluding hydrogens is 496 g/mol. The first-order chi connectivity index (χ1) is 19.0. The monoisotopic (exact) mass is 522 g/mol. The number of ether oxygens (including phenoxy) is 3. The van der Waals surface area contributed by atoms with Gasteiger partial charge in [0.1, 0.15) is 23.8 Å². The van der Waals surface area contributed by atoms with Gasteiger partial charge in [-0.2, -0.15) is 0 Å². The van der Waals surface area contributed by atoms with Crippen LogP contribution in [0.5, 0.6) is 11.5 Å². The summed E-state index contributed by atoms with van der Waals surface area (Å²) < 4.78 is 16.5. The molecule has 0 saturated carbocycles. The second-order valence-corrected chi connectivity index (χ2v) is 9.36. The fraction of sp³-hybridized carbons (Fsp3) is 0.200. The van der Waals surface area contributed by atoms with E-state index >= 15 is 0 Å². The molecule has 0 aliphatic rings. The molecule has 0 aliphatic heterocycles. The van der Waals surface area contributed by atoms with Crippen LogP contribution in [0.3, 0.4) is 0 Å². The van der Waals surface area contributed by atoms with Gasteiger partial charge in [0.15, 0.2) is 5.78 Å². The Morgan fingerprint density at radius 3 is 2.00 bits per heavy atom. The van der Waals surface area contributed by atoms with Gasteiger partial charge in [-0.15, -0.1) is 0 Å². The number of rotatable bonds is 8. The van der Waals surface area contributed by atoms with E-state index in [0.29, 0.717) is 22.7 Å². The zero-order valence-corrected chi connectivity index (χ0v) is 21.7. The van der Waals surface area contributed by atoms with Gasteiger partial charge >= 0.3 is 5.97 Å². The maximum absolute atomic E-state index is 14.1. The van der Waals surface area contributed by atoms with Crippen LogP contribution in [0.15, 0.2) is 60.9 Å². The highest BCUT2D eigenvalue weighted by Crippen LogP contribution is 2.37. The number of Topliss-reactive ketones (excluding diaryl/α,β-unsaturated/α-hetero) is 1. The van der Waals surface area contributed by atoms with E-state index in [1.165, 1.54) is 6.92 Å². The number of hydrogen-bond acceptors (Lipinski definition) is 7. The van der Waals surface area contributed by atoms with Gasteiger partial charge in [-0.3, -0.25) is 14.6 Å². The molecule has 4 heterocycles. The SMILES string of the molecule is COc1cnc(CC(COC(C)=O)C(=O)c2ncc(OC)c3c2[nH]c2ccccc23)c2[nH]c3ccccc3c12. The van der Waals surface area contributed by atoms with Crippen molar-refractivity contribution >= 4 is 55.4 Å². The predicted octanol–water partition coefficient (Wildman–Crippen LogP) is 5.37. The summed E-state index contributed by atoms with van der Waals surface area (Å²) in [5.41, 5.74) is 4.05. The summed E-state index contributed by atoms with van der Waals surface area (Å²) in [5.74, 6) is -0.278. The van der Waals surface area contributed by atoms with E-state index in [2.05, 4.69) is 19.9 Å². The number of methoxy groups -OCH3 is 2. The average molecular weight is 523 g/mol. The lowest BCUT2D eigenvalue weighted by molar-refractivity contribution is -0.141. The van der Waals surface area contributed by atoms with Crippen LogP contribution in [-0.4, -0.2) is 52.5 Å². The van der Waals surface area contributed by atoms with Crippen LogP contribution in [0, 0.1) is 5.92 Å². The Hall–Kier alpha value is -4.92. The first-order valence-corrected chi connectivity index (χ1v) is 12.5. The predicted molar refractivity (Wildman–Crippen MR) is 148 cm³/mol. The lowest BCUT2D eigenvalue weighted by Crippen LogP contribution is -2.25. The summed E-state index contributed by atoms with van der Waals surface area (Å²) in [7, 11) is 3.18. The fourth-order valence-corrected chi connectivity index (χ4v) is 5.23. The number of aromatic nitrogens is 4. The van der Waals surface area contributed by atoms with Gasteiger partial charge in [0.25, 0.3) is 0 Å². The van der Waals surface area contributed by atoms with Crippen molar-refractivity contribution in [2.45, 2.75) is 13.3 Å².